The minimum atomic E-state index is -3.08. The molecule has 3 aliphatic heterocycles. The van der Waals surface area contributed by atoms with Crippen molar-refractivity contribution >= 4 is 17.8 Å². The number of unbranched alkanes of at least 4 members (excludes halogenated alkanes) is 25. The highest BCUT2D eigenvalue weighted by Crippen LogP contribution is 2.39. The number of carbonyl (C=O) groups is 3. The minimum absolute atomic E-state index is 0.117. The van der Waals surface area contributed by atoms with Gasteiger partial charge in [0.05, 0.1) is 50.7 Å². The van der Waals surface area contributed by atoms with E-state index in [4.69, 9.17) is 28.4 Å². The SMILES string of the molecule is CCCCCCCC/C=C\C/C=C\CCC(=O)NC(COC1OC(CO)C(OC2OC(CO)C(O)C(OC3(C(=O)O)CC(O)C(NC(C)=O)C(C(O)C(O)CO)O3)C2O)C(O)C1O)C(O)CCCCCCCCCCCCCCCCCCCCCC. The topological polar surface area (TPSA) is 373 Å². The number of carboxylic acids is 1. The lowest BCUT2D eigenvalue weighted by Crippen LogP contribution is -2.70. The van der Waals surface area contributed by atoms with E-state index in [-0.39, 0.29) is 12.3 Å². The van der Waals surface area contributed by atoms with E-state index in [0.717, 1.165) is 51.9 Å². The lowest BCUT2D eigenvalue weighted by atomic mass is 9.88. The van der Waals surface area contributed by atoms with Crippen LogP contribution in [0, 0.1) is 0 Å². The van der Waals surface area contributed by atoms with E-state index in [9.17, 15) is 75.7 Å². The molecule has 0 radical (unpaired) electrons. The fourth-order valence-electron chi connectivity index (χ4n) is 11.6. The molecule has 3 aliphatic rings. The van der Waals surface area contributed by atoms with Crippen LogP contribution in [0.4, 0.5) is 0 Å². The smallest absolute Gasteiger partial charge is 0.364 e. The summed E-state index contributed by atoms with van der Waals surface area (Å²) in [6.07, 6.45) is 13.5. The molecule has 87 heavy (non-hydrogen) atoms. The molecule has 3 saturated heterocycles. The van der Waals surface area contributed by atoms with Crippen LogP contribution in [0.3, 0.4) is 0 Å². The van der Waals surface area contributed by atoms with Crippen LogP contribution in [0.15, 0.2) is 24.3 Å². The molecule has 18 unspecified atom stereocenters. The standard InChI is InChI=1S/C64H116N2O21/c1-4-6-8-10-12-14-16-18-19-20-21-22-23-24-26-27-29-31-33-35-37-46(71)45(66-51(74)38-36-34-32-30-28-25-17-15-13-11-9-7-5-2)43-82-61-56(78)55(77)58(50(42-69)84-61)85-62-57(79)60(54(76)49(41-68)83-62)87-64(63(80)81)39-47(72)52(65-44(3)70)59(86-64)53(75)48(73)40-67/h25,28,32,34,45-50,52-62,67-69,71-73,75-79H,4-24,26-27,29-31,33,35-43H2,1-3H3,(H,65,70)(H,66,74)(H,80,81)/b28-25-,34-32-. The Morgan fingerprint density at radius 1 is 0.598 bits per heavy atom. The third-order valence-electron chi connectivity index (χ3n) is 16.9. The molecule has 23 heteroatoms. The highest BCUT2D eigenvalue weighted by Gasteiger charge is 2.60. The van der Waals surface area contributed by atoms with Crippen LogP contribution in [0.1, 0.15) is 226 Å². The number of carbonyl (C=O) groups excluding carboxylic acids is 2. The van der Waals surface area contributed by atoms with Crippen LogP contribution in [0.5, 0.6) is 0 Å². The zero-order valence-corrected chi connectivity index (χ0v) is 52.6. The molecular formula is C64H116N2O21. The van der Waals surface area contributed by atoms with Gasteiger partial charge >= 0.3 is 5.97 Å². The van der Waals surface area contributed by atoms with Gasteiger partial charge in [0.2, 0.25) is 11.8 Å². The molecule has 0 aromatic heterocycles. The van der Waals surface area contributed by atoms with E-state index in [1.54, 1.807) is 0 Å². The molecule has 3 heterocycles. The van der Waals surface area contributed by atoms with Crippen molar-refractivity contribution in [2.24, 2.45) is 0 Å². The second-order valence-corrected chi connectivity index (χ2v) is 24.3. The molecule has 3 fully saturated rings. The van der Waals surface area contributed by atoms with Gasteiger partial charge in [0, 0.05) is 19.8 Å². The summed E-state index contributed by atoms with van der Waals surface area (Å²) < 4.78 is 34.8. The Hall–Kier alpha value is -2.79. The molecule has 2 amide bonds. The fraction of sp³-hybridized carbons (Fsp3) is 0.891. The summed E-state index contributed by atoms with van der Waals surface area (Å²) in [5.41, 5.74) is 0. The van der Waals surface area contributed by atoms with Gasteiger partial charge in [-0.05, 0) is 32.1 Å². The van der Waals surface area contributed by atoms with Gasteiger partial charge in [-0.15, -0.1) is 0 Å². The summed E-state index contributed by atoms with van der Waals surface area (Å²) in [7, 11) is 0. The van der Waals surface area contributed by atoms with Crippen molar-refractivity contribution in [3.05, 3.63) is 24.3 Å². The van der Waals surface area contributed by atoms with E-state index in [1.165, 1.54) is 128 Å². The van der Waals surface area contributed by atoms with Crippen LogP contribution < -0.4 is 10.6 Å². The molecule has 0 aromatic carbocycles. The number of aliphatic hydroxyl groups excluding tert-OH is 11. The molecule has 0 aliphatic carbocycles. The van der Waals surface area contributed by atoms with Gasteiger partial charge in [-0.25, -0.2) is 4.79 Å². The van der Waals surface area contributed by atoms with Crippen LogP contribution in [0.25, 0.3) is 0 Å². The molecular weight excluding hydrogens is 1130 g/mol. The molecule has 18 atom stereocenters. The summed E-state index contributed by atoms with van der Waals surface area (Å²) in [6.45, 7) is 2.14. The first-order valence-corrected chi connectivity index (χ1v) is 33.2. The monoisotopic (exact) mass is 1250 g/mol. The van der Waals surface area contributed by atoms with Crippen molar-refractivity contribution in [3.8, 4) is 0 Å². The predicted octanol–water partition coefficient (Wildman–Crippen LogP) is 4.89. The fourth-order valence-corrected chi connectivity index (χ4v) is 11.6. The first kappa shape index (κ1) is 78.5. The van der Waals surface area contributed by atoms with Gasteiger partial charge in [0.1, 0.15) is 67.1 Å². The summed E-state index contributed by atoms with van der Waals surface area (Å²) in [5.74, 6) is -6.18. The minimum Gasteiger partial charge on any atom is -0.477 e. The first-order valence-electron chi connectivity index (χ1n) is 33.2. The molecule has 14 N–H and O–H groups in total. The number of carboxylic acid groups (broad SMARTS) is 1. The van der Waals surface area contributed by atoms with Crippen molar-refractivity contribution in [2.45, 2.75) is 336 Å². The van der Waals surface area contributed by atoms with E-state index in [2.05, 4.69) is 36.6 Å². The summed E-state index contributed by atoms with van der Waals surface area (Å²) >= 11 is 0. The van der Waals surface area contributed by atoms with E-state index < -0.39 is 155 Å². The van der Waals surface area contributed by atoms with Crippen molar-refractivity contribution in [1.29, 1.82) is 0 Å². The summed E-state index contributed by atoms with van der Waals surface area (Å²) in [5, 5.41) is 136. The predicted molar refractivity (Wildman–Crippen MR) is 324 cm³/mol. The zero-order chi connectivity index (χ0) is 64.0. The summed E-state index contributed by atoms with van der Waals surface area (Å²) in [4.78, 5) is 38.4. The van der Waals surface area contributed by atoms with Crippen molar-refractivity contribution in [3.63, 3.8) is 0 Å². The number of hydrogen-bond donors (Lipinski definition) is 14. The lowest BCUT2D eigenvalue weighted by molar-refractivity contribution is -0.386. The van der Waals surface area contributed by atoms with Crippen LogP contribution >= 0.6 is 0 Å². The molecule has 0 aromatic rings. The Kier molecular flexibility index (Phi) is 41.0. The second kappa shape index (κ2) is 45.5. The van der Waals surface area contributed by atoms with Gasteiger partial charge in [-0.2, -0.15) is 0 Å². The number of amides is 2. The summed E-state index contributed by atoms with van der Waals surface area (Å²) in [6, 6.07) is -2.56. The van der Waals surface area contributed by atoms with Crippen molar-refractivity contribution in [2.75, 3.05) is 26.4 Å². The Balaban J connectivity index is 1.62. The van der Waals surface area contributed by atoms with Crippen LogP contribution in [-0.2, 0) is 42.8 Å². The lowest BCUT2D eigenvalue weighted by Gasteiger charge is -2.50. The Morgan fingerprint density at radius 2 is 1.10 bits per heavy atom. The average Bonchev–Trinajstić information content (AvgIpc) is 1.24. The van der Waals surface area contributed by atoms with Gasteiger partial charge in [0.15, 0.2) is 12.6 Å². The molecule has 0 saturated carbocycles. The van der Waals surface area contributed by atoms with Gasteiger partial charge in [0.25, 0.3) is 5.79 Å². The second-order valence-electron chi connectivity index (χ2n) is 24.3. The number of aliphatic carboxylic acids is 1. The number of nitrogens with one attached hydrogen (secondary N) is 2. The van der Waals surface area contributed by atoms with Crippen LogP contribution in [0.2, 0.25) is 0 Å². The molecule has 3 rings (SSSR count). The molecule has 23 nitrogen and oxygen atoms in total. The Labute approximate surface area is 517 Å². The maximum absolute atomic E-state index is 13.4. The van der Waals surface area contributed by atoms with E-state index in [0.29, 0.717) is 19.3 Å². The highest BCUT2D eigenvalue weighted by atomic mass is 16.8. The first-order chi connectivity index (χ1) is 41.9. The number of allylic oxidation sites excluding steroid dienone is 4. The normalized spacial score (nSPS) is 29.3. The van der Waals surface area contributed by atoms with E-state index in [1.807, 2.05) is 12.2 Å². The van der Waals surface area contributed by atoms with Crippen molar-refractivity contribution in [1.82, 2.24) is 10.6 Å². The third-order valence-corrected chi connectivity index (χ3v) is 16.9. The number of rotatable bonds is 49. The van der Waals surface area contributed by atoms with Gasteiger partial charge in [-0.3, -0.25) is 9.59 Å². The highest BCUT2D eigenvalue weighted by molar-refractivity contribution is 5.77. The average molecular weight is 1250 g/mol. The maximum atomic E-state index is 13.4. The van der Waals surface area contributed by atoms with Crippen LogP contribution in [-0.4, -0.2) is 215 Å². The Morgan fingerprint density at radius 3 is 1.61 bits per heavy atom. The van der Waals surface area contributed by atoms with Crippen molar-refractivity contribution < 1.29 is 104 Å². The van der Waals surface area contributed by atoms with Gasteiger partial charge < -0.3 is 100 Å². The Bertz CT molecular complexity index is 1870. The molecule has 0 spiro atoms. The van der Waals surface area contributed by atoms with E-state index >= 15 is 0 Å². The number of hydrogen-bond acceptors (Lipinski definition) is 20. The third kappa shape index (κ3) is 28.7. The zero-order valence-electron chi connectivity index (χ0n) is 52.6. The largest absolute Gasteiger partial charge is 0.477 e. The molecule has 0 bridgehead atoms. The maximum Gasteiger partial charge on any atom is 0.364 e. The molecule has 508 valence electrons. The number of aliphatic hydroxyl groups is 11. The quantitative estimate of drug-likeness (QED) is 0.0285. The number of ether oxygens (including phenoxy) is 6. The van der Waals surface area contributed by atoms with Gasteiger partial charge in [-0.1, -0.05) is 199 Å².